The van der Waals surface area contributed by atoms with Crippen LogP contribution >= 0.6 is 0 Å². The molecule has 0 spiro atoms. The van der Waals surface area contributed by atoms with Crippen LogP contribution in [-0.4, -0.2) is 21.1 Å². The van der Waals surface area contributed by atoms with E-state index in [9.17, 15) is 14.4 Å². The molecule has 0 aliphatic carbocycles. The van der Waals surface area contributed by atoms with Crippen LogP contribution in [-0.2, 0) is 4.79 Å². The van der Waals surface area contributed by atoms with Gasteiger partial charge in [0.1, 0.15) is 6.04 Å². The molecule has 0 saturated heterocycles. The zero-order valence-electron chi connectivity index (χ0n) is 14.9. The minimum absolute atomic E-state index is 0.0259. The highest BCUT2D eigenvalue weighted by Gasteiger charge is 2.23. The van der Waals surface area contributed by atoms with E-state index < -0.39 is 11.7 Å². The van der Waals surface area contributed by atoms with Crippen molar-refractivity contribution in [1.82, 2.24) is 14.5 Å². The molecule has 0 aliphatic rings. The SMILES string of the molecule is CCC(C)NC(=O)C(C)n1c(=O)n(C(C)C)c(=O)c2ccccc21. The van der Waals surface area contributed by atoms with Gasteiger partial charge in [-0.25, -0.2) is 4.79 Å². The van der Waals surface area contributed by atoms with Gasteiger partial charge in [0.15, 0.2) is 0 Å². The molecule has 1 N–H and O–H groups in total. The fraction of sp³-hybridized carbons (Fsp3) is 0.500. The Bertz CT molecular complexity index is 864. The fourth-order valence-electron chi connectivity index (χ4n) is 2.71. The van der Waals surface area contributed by atoms with Crippen molar-refractivity contribution in [3.05, 3.63) is 45.1 Å². The molecular formula is C18H25N3O3. The first kappa shape index (κ1) is 18.0. The number of amides is 1. The van der Waals surface area contributed by atoms with Crippen molar-refractivity contribution >= 4 is 16.8 Å². The summed E-state index contributed by atoms with van der Waals surface area (Å²) in [5.41, 5.74) is -0.298. The molecule has 6 nitrogen and oxygen atoms in total. The van der Waals surface area contributed by atoms with Crippen molar-refractivity contribution in [2.45, 2.75) is 59.2 Å². The second kappa shape index (κ2) is 7.03. The van der Waals surface area contributed by atoms with Crippen LogP contribution in [0.15, 0.2) is 33.9 Å². The number of benzene rings is 1. The van der Waals surface area contributed by atoms with Crippen molar-refractivity contribution in [2.24, 2.45) is 0 Å². The smallest absolute Gasteiger partial charge is 0.332 e. The number of carbonyl (C=O) groups is 1. The number of hydrogen-bond donors (Lipinski definition) is 1. The molecule has 0 radical (unpaired) electrons. The Kier molecular flexibility index (Phi) is 5.26. The number of carbonyl (C=O) groups excluding carboxylic acids is 1. The van der Waals surface area contributed by atoms with Crippen LogP contribution in [0.2, 0.25) is 0 Å². The summed E-state index contributed by atoms with van der Waals surface area (Å²) in [6, 6.07) is 5.94. The standard InChI is InChI=1S/C18H25N3O3/c1-6-12(4)19-16(22)13(5)21-15-10-8-7-9-14(15)17(23)20(11(2)3)18(21)24/h7-13H,6H2,1-5H3,(H,19,22). The first-order valence-corrected chi connectivity index (χ1v) is 8.35. The maximum atomic E-state index is 12.9. The van der Waals surface area contributed by atoms with Crippen LogP contribution in [0.4, 0.5) is 0 Å². The van der Waals surface area contributed by atoms with Crippen LogP contribution in [0.5, 0.6) is 0 Å². The second-order valence-corrected chi connectivity index (χ2v) is 6.43. The summed E-state index contributed by atoms with van der Waals surface area (Å²) in [5, 5.41) is 3.34. The third kappa shape index (κ3) is 3.13. The summed E-state index contributed by atoms with van der Waals surface area (Å²) in [7, 11) is 0. The van der Waals surface area contributed by atoms with Crippen LogP contribution in [0.1, 0.15) is 53.1 Å². The van der Waals surface area contributed by atoms with Gasteiger partial charge in [-0.1, -0.05) is 19.1 Å². The van der Waals surface area contributed by atoms with E-state index in [1.165, 1.54) is 9.13 Å². The Labute approximate surface area is 141 Å². The second-order valence-electron chi connectivity index (χ2n) is 6.43. The Morgan fingerprint density at radius 2 is 1.71 bits per heavy atom. The Hall–Kier alpha value is -2.37. The monoisotopic (exact) mass is 331 g/mol. The lowest BCUT2D eigenvalue weighted by molar-refractivity contribution is -0.124. The summed E-state index contributed by atoms with van der Waals surface area (Å²) in [6.45, 7) is 9.15. The van der Waals surface area contributed by atoms with Crippen molar-refractivity contribution in [1.29, 1.82) is 0 Å². The van der Waals surface area contributed by atoms with Gasteiger partial charge in [-0.05, 0) is 46.2 Å². The minimum atomic E-state index is -0.706. The van der Waals surface area contributed by atoms with Crippen molar-refractivity contribution in [3.8, 4) is 0 Å². The van der Waals surface area contributed by atoms with Gasteiger partial charge in [0.25, 0.3) is 5.56 Å². The molecule has 0 bridgehead atoms. The molecule has 24 heavy (non-hydrogen) atoms. The predicted molar refractivity (Wildman–Crippen MR) is 95.5 cm³/mol. The normalized spacial score (nSPS) is 13.9. The molecule has 130 valence electrons. The number of nitrogens with zero attached hydrogens (tertiary/aromatic N) is 2. The van der Waals surface area contributed by atoms with Crippen molar-refractivity contribution in [3.63, 3.8) is 0 Å². The molecule has 1 amide bonds. The molecule has 2 aromatic rings. The summed E-state index contributed by atoms with van der Waals surface area (Å²) < 4.78 is 2.61. The van der Waals surface area contributed by atoms with Gasteiger partial charge in [-0.3, -0.25) is 18.7 Å². The summed E-state index contributed by atoms with van der Waals surface area (Å²) in [4.78, 5) is 38.0. The third-order valence-corrected chi connectivity index (χ3v) is 4.31. The van der Waals surface area contributed by atoms with Gasteiger partial charge in [0.05, 0.1) is 10.9 Å². The minimum Gasteiger partial charge on any atom is -0.352 e. The Balaban J connectivity index is 2.71. The van der Waals surface area contributed by atoms with Crippen LogP contribution < -0.4 is 16.6 Å². The highest BCUT2D eigenvalue weighted by molar-refractivity contribution is 5.84. The van der Waals surface area contributed by atoms with E-state index in [4.69, 9.17) is 0 Å². The molecule has 1 aromatic heterocycles. The topological polar surface area (TPSA) is 73.1 Å². The molecule has 1 aromatic carbocycles. The maximum absolute atomic E-state index is 12.9. The molecule has 1 heterocycles. The molecular weight excluding hydrogens is 306 g/mol. The van der Waals surface area contributed by atoms with E-state index in [0.29, 0.717) is 10.9 Å². The van der Waals surface area contributed by atoms with Gasteiger partial charge in [0.2, 0.25) is 5.91 Å². The largest absolute Gasteiger partial charge is 0.352 e. The van der Waals surface area contributed by atoms with E-state index in [2.05, 4.69) is 5.32 Å². The Morgan fingerprint density at radius 1 is 1.08 bits per heavy atom. The van der Waals surface area contributed by atoms with Gasteiger partial charge in [-0.15, -0.1) is 0 Å². The number of fused-ring (bicyclic) bond motifs is 1. The number of aromatic nitrogens is 2. The van der Waals surface area contributed by atoms with Crippen LogP contribution in [0.25, 0.3) is 10.9 Å². The third-order valence-electron chi connectivity index (χ3n) is 4.31. The number of nitrogens with one attached hydrogen (secondary N) is 1. The number of para-hydroxylation sites is 1. The molecule has 0 aliphatic heterocycles. The lowest BCUT2D eigenvalue weighted by Crippen LogP contribution is -2.46. The average Bonchev–Trinajstić information content (AvgIpc) is 2.54. The van der Waals surface area contributed by atoms with Gasteiger partial charge in [-0.2, -0.15) is 0 Å². The summed E-state index contributed by atoms with van der Waals surface area (Å²) in [6.07, 6.45) is 0.805. The van der Waals surface area contributed by atoms with Crippen LogP contribution in [0.3, 0.4) is 0 Å². The van der Waals surface area contributed by atoms with Crippen molar-refractivity contribution < 1.29 is 4.79 Å². The number of hydrogen-bond acceptors (Lipinski definition) is 3. The fourth-order valence-corrected chi connectivity index (χ4v) is 2.71. The van der Waals surface area contributed by atoms with E-state index in [1.54, 1.807) is 45.0 Å². The molecule has 6 heteroatoms. The zero-order valence-corrected chi connectivity index (χ0v) is 14.9. The average molecular weight is 331 g/mol. The van der Waals surface area contributed by atoms with Gasteiger partial charge in [0, 0.05) is 12.1 Å². The quantitative estimate of drug-likeness (QED) is 0.913. The van der Waals surface area contributed by atoms with Crippen molar-refractivity contribution in [2.75, 3.05) is 0 Å². The maximum Gasteiger partial charge on any atom is 0.332 e. The first-order chi connectivity index (χ1) is 11.3. The lowest BCUT2D eigenvalue weighted by atomic mass is 10.2. The number of rotatable bonds is 5. The molecule has 0 saturated carbocycles. The summed E-state index contributed by atoms with van der Waals surface area (Å²) >= 11 is 0. The Morgan fingerprint density at radius 3 is 2.29 bits per heavy atom. The zero-order chi connectivity index (χ0) is 18.0. The van der Waals surface area contributed by atoms with E-state index in [-0.39, 0.29) is 23.6 Å². The highest BCUT2D eigenvalue weighted by Crippen LogP contribution is 2.14. The predicted octanol–water partition coefficient (Wildman–Crippen LogP) is 2.22. The van der Waals surface area contributed by atoms with E-state index in [1.807, 2.05) is 13.8 Å². The lowest BCUT2D eigenvalue weighted by Gasteiger charge is -2.22. The molecule has 2 unspecified atom stereocenters. The summed E-state index contributed by atoms with van der Waals surface area (Å²) in [5.74, 6) is -0.231. The van der Waals surface area contributed by atoms with Gasteiger partial charge >= 0.3 is 5.69 Å². The first-order valence-electron chi connectivity index (χ1n) is 8.35. The van der Waals surface area contributed by atoms with E-state index >= 15 is 0 Å². The highest BCUT2D eigenvalue weighted by atomic mass is 16.2. The molecule has 2 atom stereocenters. The van der Waals surface area contributed by atoms with Gasteiger partial charge < -0.3 is 5.32 Å². The van der Waals surface area contributed by atoms with Crippen LogP contribution in [0, 0.1) is 0 Å². The molecule has 0 fully saturated rings. The molecule has 2 rings (SSSR count). The van der Waals surface area contributed by atoms with E-state index in [0.717, 1.165) is 6.42 Å².